The highest BCUT2D eigenvalue weighted by Gasteiger charge is 2.47. The summed E-state index contributed by atoms with van der Waals surface area (Å²) in [6.45, 7) is 10.3. The number of methoxy groups -OCH3 is 3. The van der Waals surface area contributed by atoms with Gasteiger partial charge in [0.25, 0.3) is 0 Å². The highest BCUT2D eigenvalue weighted by molar-refractivity contribution is 5.91. The van der Waals surface area contributed by atoms with E-state index in [4.69, 9.17) is 14.2 Å². The number of likely N-dealkylation sites (N-methyl/N-ethyl adjacent to an activating group) is 2. The zero-order valence-corrected chi connectivity index (χ0v) is 36.0. The third kappa shape index (κ3) is 11.8. The van der Waals surface area contributed by atoms with Crippen molar-refractivity contribution in [1.29, 1.82) is 0 Å². The first kappa shape index (κ1) is 47.3. The predicted molar refractivity (Wildman–Crippen MR) is 217 cm³/mol. The van der Waals surface area contributed by atoms with Crippen molar-refractivity contribution in [1.82, 2.24) is 19.6 Å². The molecule has 0 aliphatic carbocycles. The second kappa shape index (κ2) is 22.2. The summed E-state index contributed by atoms with van der Waals surface area (Å²) in [4.78, 5) is 79.1. The Morgan fingerprint density at radius 2 is 1.63 bits per heavy atom. The SMILES string of the molecule is CC[C@H](C)[C@@H]([C@@H](CC(=O)N1CCC[C@H]1[C@H](OC)[C@@H](C)C(=O)C[C@@H](Cc1ccccc1)C(=O)OC)OC)N(C)C(=O)[C@@H]1C[C@H](N=[N+]=[N-])CN1C(=O)[C@H](C(C)C)N(C)C. The number of hydrogen-bond donors (Lipinski definition) is 0. The summed E-state index contributed by atoms with van der Waals surface area (Å²) in [5.41, 5.74) is 10.2. The smallest absolute Gasteiger partial charge is 0.309 e. The van der Waals surface area contributed by atoms with Crippen molar-refractivity contribution in [3.05, 3.63) is 46.3 Å². The average Bonchev–Trinajstić information content (AvgIpc) is 3.85. The standard InChI is InChI=1S/C42H67N7O8/c1-12-27(4)38(47(8)40(52)33-23-31(44-45-43)25-49(33)41(53)37(26(2)3)46(6)7)35(55-9)24-36(51)48-20-16-19-32(48)39(56-10)28(5)34(50)22-30(42(54)57-11)21-29-17-14-13-15-18-29/h13-15,17-18,26-28,30-33,35,37-39H,12,16,19-25H2,1-11H3/t27-,28-,30+,31-,32-,33-,35+,37-,38-,39+/m0/s1. The van der Waals surface area contributed by atoms with Crippen molar-refractivity contribution >= 4 is 29.5 Å². The van der Waals surface area contributed by atoms with E-state index in [2.05, 4.69) is 10.0 Å². The molecule has 0 radical (unpaired) electrons. The van der Waals surface area contributed by atoms with Crippen LogP contribution in [0.3, 0.4) is 0 Å². The minimum Gasteiger partial charge on any atom is -0.469 e. The van der Waals surface area contributed by atoms with Gasteiger partial charge in [-0.25, -0.2) is 0 Å². The maximum Gasteiger partial charge on any atom is 0.309 e. The van der Waals surface area contributed by atoms with Crippen LogP contribution < -0.4 is 0 Å². The zero-order chi connectivity index (χ0) is 42.6. The van der Waals surface area contributed by atoms with Crippen LogP contribution in [-0.2, 0) is 44.6 Å². The lowest BCUT2D eigenvalue weighted by atomic mass is 9.85. The Labute approximate surface area is 339 Å². The molecule has 0 spiro atoms. The van der Waals surface area contributed by atoms with Crippen LogP contribution in [0, 0.1) is 23.7 Å². The summed E-state index contributed by atoms with van der Waals surface area (Å²) in [6, 6.07) is 6.71. The summed E-state index contributed by atoms with van der Waals surface area (Å²) in [5, 5.41) is 3.90. The van der Waals surface area contributed by atoms with Crippen molar-refractivity contribution in [3.8, 4) is 0 Å². The molecule has 1 aromatic rings. The molecular formula is C42H67N7O8. The van der Waals surface area contributed by atoms with Crippen LogP contribution in [0.25, 0.3) is 10.4 Å². The van der Waals surface area contributed by atoms with Gasteiger partial charge in [0.1, 0.15) is 11.8 Å². The van der Waals surface area contributed by atoms with E-state index < -0.39 is 54.2 Å². The Balaban J connectivity index is 1.83. The Hall–Kier alpha value is -4.04. The Kier molecular flexibility index (Phi) is 18.4. The molecule has 15 heteroatoms. The van der Waals surface area contributed by atoms with Crippen LogP contribution in [0.4, 0.5) is 0 Å². The molecule has 0 unspecified atom stereocenters. The number of benzene rings is 1. The van der Waals surface area contributed by atoms with Crippen molar-refractivity contribution in [2.75, 3.05) is 55.6 Å². The van der Waals surface area contributed by atoms with Crippen LogP contribution in [-0.4, -0.2) is 147 Å². The fraction of sp³-hybridized carbons (Fsp3) is 0.738. The summed E-state index contributed by atoms with van der Waals surface area (Å²) >= 11 is 0. The van der Waals surface area contributed by atoms with Gasteiger partial charge in [0.2, 0.25) is 17.7 Å². The predicted octanol–water partition coefficient (Wildman–Crippen LogP) is 4.76. The first-order valence-electron chi connectivity index (χ1n) is 20.3. The molecule has 2 fully saturated rings. The zero-order valence-electron chi connectivity index (χ0n) is 36.0. The number of amides is 3. The fourth-order valence-corrected chi connectivity index (χ4v) is 9.03. The maximum absolute atomic E-state index is 14.5. The molecule has 0 saturated carbocycles. The number of Topliss-reactive ketones (excluding diaryl/α,β-unsaturated/α-hetero) is 1. The molecule has 15 nitrogen and oxygen atoms in total. The number of likely N-dealkylation sites (tertiary alicyclic amines) is 2. The number of esters is 1. The van der Waals surface area contributed by atoms with Crippen LogP contribution in [0.15, 0.2) is 35.4 Å². The number of hydrogen-bond acceptors (Lipinski definition) is 10. The second-order valence-electron chi connectivity index (χ2n) is 16.4. The van der Waals surface area contributed by atoms with Crippen molar-refractivity contribution < 1.29 is 38.2 Å². The van der Waals surface area contributed by atoms with Crippen molar-refractivity contribution in [2.45, 2.75) is 122 Å². The molecular weight excluding hydrogens is 731 g/mol. The molecule has 0 N–H and O–H groups in total. The third-order valence-electron chi connectivity index (χ3n) is 12.2. The van der Waals surface area contributed by atoms with Gasteiger partial charge in [-0.15, -0.1) is 0 Å². The van der Waals surface area contributed by atoms with Gasteiger partial charge in [0.05, 0.1) is 55.8 Å². The molecule has 2 aliphatic heterocycles. The highest BCUT2D eigenvalue weighted by atomic mass is 16.5. The van der Waals surface area contributed by atoms with Gasteiger partial charge in [-0.1, -0.05) is 76.5 Å². The summed E-state index contributed by atoms with van der Waals surface area (Å²) in [7, 11) is 9.75. The maximum atomic E-state index is 14.5. The van der Waals surface area contributed by atoms with E-state index in [1.54, 1.807) is 35.8 Å². The number of nitrogens with zero attached hydrogens (tertiary/aromatic N) is 7. The molecule has 2 aliphatic rings. The van der Waals surface area contributed by atoms with Gasteiger partial charge in [-0.2, -0.15) is 0 Å². The van der Waals surface area contributed by atoms with Gasteiger partial charge in [-0.3, -0.25) is 28.9 Å². The number of rotatable bonds is 21. The number of azide groups is 1. The largest absolute Gasteiger partial charge is 0.469 e. The van der Waals surface area contributed by atoms with E-state index >= 15 is 0 Å². The second-order valence-corrected chi connectivity index (χ2v) is 16.4. The number of carbonyl (C=O) groups excluding carboxylic acids is 5. The topological polar surface area (TPSA) is 175 Å². The van der Waals surface area contributed by atoms with Gasteiger partial charge in [0, 0.05) is 51.6 Å². The lowest BCUT2D eigenvalue weighted by Crippen LogP contribution is -2.58. The average molecular weight is 798 g/mol. The molecule has 2 saturated heterocycles. The van der Waals surface area contributed by atoms with E-state index in [-0.39, 0.29) is 67.2 Å². The van der Waals surface area contributed by atoms with Gasteiger partial charge in [-0.05, 0) is 62.7 Å². The fourth-order valence-electron chi connectivity index (χ4n) is 9.03. The van der Waals surface area contributed by atoms with Crippen LogP contribution in [0.1, 0.15) is 78.7 Å². The number of ketones is 1. The summed E-state index contributed by atoms with van der Waals surface area (Å²) in [6.07, 6.45) is 1.27. The summed E-state index contributed by atoms with van der Waals surface area (Å²) in [5.74, 6) is -2.66. The van der Waals surface area contributed by atoms with Gasteiger partial charge < -0.3 is 28.9 Å². The molecule has 10 atom stereocenters. The lowest BCUT2D eigenvalue weighted by Gasteiger charge is -2.41. The summed E-state index contributed by atoms with van der Waals surface area (Å²) < 4.78 is 17.1. The monoisotopic (exact) mass is 798 g/mol. The Bertz CT molecular complexity index is 1550. The minimum atomic E-state index is -0.852. The quantitative estimate of drug-likeness (QED) is 0.0735. The first-order chi connectivity index (χ1) is 27.1. The first-order valence-corrected chi connectivity index (χ1v) is 20.3. The molecule has 1 aromatic carbocycles. The van der Waals surface area contributed by atoms with E-state index in [0.29, 0.717) is 25.8 Å². The van der Waals surface area contributed by atoms with Gasteiger partial charge in [0.15, 0.2) is 0 Å². The van der Waals surface area contributed by atoms with E-state index in [0.717, 1.165) is 12.0 Å². The highest BCUT2D eigenvalue weighted by Crippen LogP contribution is 2.32. The third-order valence-corrected chi connectivity index (χ3v) is 12.2. The molecule has 318 valence electrons. The van der Waals surface area contributed by atoms with Crippen LogP contribution >= 0.6 is 0 Å². The lowest BCUT2D eigenvalue weighted by molar-refractivity contribution is -0.152. The Morgan fingerprint density at radius 3 is 2.18 bits per heavy atom. The molecule has 0 bridgehead atoms. The molecule has 57 heavy (non-hydrogen) atoms. The number of carbonyl (C=O) groups is 5. The van der Waals surface area contributed by atoms with Gasteiger partial charge >= 0.3 is 5.97 Å². The van der Waals surface area contributed by atoms with E-state index in [9.17, 15) is 29.5 Å². The molecule has 0 aromatic heterocycles. The van der Waals surface area contributed by atoms with E-state index in [1.165, 1.54) is 14.2 Å². The number of ether oxygens (including phenoxy) is 3. The molecule has 3 amide bonds. The molecule has 2 heterocycles. The normalized spacial score (nSPS) is 21.9. The van der Waals surface area contributed by atoms with E-state index in [1.807, 2.05) is 77.0 Å². The minimum absolute atomic E-state index is 0.0210. The van der Waals surface area contributed by atoms with Crippen molar-refractivity contribution in [3.63, 3.8) is 0 Å². The van der Waals surface area contributed by atoms with Crippen molar-refractivity contribution in [2.24, 2.45) is 28.8 Å². The van der Waals surface area contributed by atoms with Crippen LogP contribution in [0.5, 0.6) is 0 Å². The molecule has 3 rings (SSSR count). The Morgan fingerprint density at radius 1 is 0.965 bits per heavy atom. The van der Waals surface area contributed by atoms with Crippen LogP contribution in [0.2, 0.25) is 0 Å².